The third-order valence-corrected chi connectivity index (χ3v) is 4.04. The van der Waals surface area contributed by atoms with Crippen molar-refractivity contribution in [3.05, 3.63) is 60.6 Å². The number of rotatable bonds is 9. The van der Waals surface area contributed by atoms with E-state index in [1.165, 1.54) is 0 Å². The molecule has 7 heteroatoms. The van der Waals surface area contributed by atoms with Gasteiger partial charge in [0.2, 0.25) is 0 Å². The van der Waals surface area contributed by atoms with Crippen LogP contribution < -0.4 is 15.4 Å². The Morgan fingerprint density at radius 1 is 0.963 bits per heavy atom. The van der Waals surface area contributed by atoms with E-state index in [1.54, 1.807) is 19.6 Å². The molecule has 0 saturated carbocycles. The van der Waals surface area contributed by atoms with E-state index >= 15 is 0 Å². The van der Waals surface area contributed by atoms with Crippen molar-refractivity contribution >= 4 is 11.6 Å². The van der Waals surface area contributed by atoms with Crippen molar-refractivity contribution in [2.24, 2.45) is 0 Å². The van der Waals surface area contributed by atoms with Crippen LogP contribution in [0.25, 0.3) is 11.3 Å². The molecule has 3 N–H and O–H groups in total. The molecule has 3 rings (SSSR count). The average molecular weight is 365 g/mol. The van der Waals surface area contributed by atoms with Crippen molar-refractivity contribution in [3.63, 3.8) is 0 Å². The highest BCUT2D eigenvalue weighted by atomic mass is 16.5. The second-order valence-corrected chi connectivity index (χ2v) is 5.86. The standard InChI is InChI=1S/C20H23N5O2/c1-27-18-5-3-2-4-15(18)8-9-21-20-12-17(24-14-25-20)16-6-7-19(23-13-16)22-10-11-26/h2-7,12-14,26H,8-11H2,1H3,(H,22,23)(H,21,24,25). The van der Waals surface area contributed by atoms with Gasteiger partial charge in [0.1, 0.15) is 23.7 Å². The SMILES string of the molecule is COc1ccccc1CCNc1cc(-c2ccc(NCCO)nc2)ncn1. The van der Waals surface area contributed by atoms with E-state index in [0.29, 0.717) is 6.54 Å². The van der Waals surface area contributed by atoms with Crippen molar-refractivity contribution in [1.82, 2.24) is 15.0 Å². The summed E-state index contributed by atoms with van der Waals surface area (Å²) < 4.78 is 5.38. The van der Waals surface area contributed by atoms with Gasteiger partial charge in [-0.15, -0.1) is 0 Å². The van der Waals surface area contributed by atoms with Crippen molar-refractivity contribution in [2.75, 3.05) is 37.4 Å². The van der Waals surface area contributed by atoms with E-state index in [4.69, 9.17) is 9.84 Å². The van der Waals surface area contributed by atoms with Crippen molar-refractivity contribution in [3.8, 4) is 17.0 Å². The molecular weight excluding hydrogens is 342 g/mol. The van der Waals surface area contributed by atoms with Crippen LogP contribution in [0.1, 0.15) is 5.56 Å². The summed E-state index contributed by atoms with van der Waals surface area (Å²) in [6.45, 7) is 1.28. The lowest BCUT2D eigenvalue weighted by Gasteiger charge is -2.10. The lowest BCUT2D eigenvalue weighted by Crippen LogP contribution is -2.08. The highest BCUT2D eigenvalue weighted by molar-refractivity contribution is 5.62. The molecule has 2 heterocycles. The Balaban J connectivity index is 1.61. The molecule has 0 unspecified atom stereocenters. The number of para-hydroxylation sites is 1. The van der Waals surface area contributed by atoms with E-state index in [0.717, 1.165) is 47.2 Å². The largest absolute Gasteiger partial charge is 0.496 e. The minimum Gasteiger partial charge on any atom is -0.496 e. The number of pyridine rings is 1. The molecule has 0 saturated heterocycles. The predicted molar refractivity (Wildman–Crippen MR) is 106 cm³/mol. The van der Waals surface area contributed by atoms with Crippen LogP contribution in [0.2, 0.25) is 0 Å². The highest BCUT2D eigenvalue weighted by Gasteiger charge is 2.05. The molecule has 0 aliphatic heterocycles. The maximum absolute atomic E-state index is 8.84. The number of ether oxygens (including phenoxy) is 1. The topological polar surface area (TPSA) is 92.2 Å². The van der Waals surface area contributed by atoms with Gasteiger partial charge in [-0.05, 0) is 30.2 Å². The molecule has 2 aromatic heterocycles. The van der Waals surface area contributed by atoms with E-state index in [1.807, 2.05) is 36.4 Å². The summed E-state index contributed by atoms with van der Waals surface area (Å²) >= 11 is 0. The zero-order valence-electron chi connectivity index (χ0n) is 15.2. The van der Waals surface area contributed by atoms with Gasteiger partial charge in [-0.3, -0.25) is 0 Å². The van der Waals surface area contributed by atoms with Crippen LogP contribution >= 0.6 is 0 Å². The fourth-order valence-electron chi connectivity index (χ4n) is 2.68. The van der Waals surface area contributed by atoms with E-state index < -0.39 is 0 Å². The average Bonchev–Trinajstić information content (AvgIpc) is 2.73. The highest BCUT2D eigenvalue weighted by Crippen LogP contribution is 2.20. The van der Waals surface area contributed by atoms with Crippen LogP contribution in [0.4, 0.5) is 11.6 Å². The molecule has 0 fully saturated rings. The maximum Gasteiger partial charge on any atom is 0.129 e. The summed E-state index contributed by atoms with van der Waals surface area (Å²) in [7, 11) is 1.68. The first kappa shape index (κ1) is 18.6. The molecule has 0 atom stereocenters. The van der Waals surface area contributed by atoms with Gasteiger partial charge >= 0.3 is 0 Å². The number of anilines is 2. The summed E-state index contributed by atoms with van der Waals surface area (Å²) in [5.74, 6) is 2.37. The summed E-state index contributed by atoms with van der Waals surface area (Å²) in [5.41, 5.74) is 2.85. The minimum absolute atomic E-state index is 0.0687. The van der Waals surface area contributed by atoms with E-state index in [-0.39, 0.29) is 6.61 Å². The number of benzene rings is 1. The normalized spacial score (nSPS) is 10.4. The van der Waals surface area contributed by atoms with Gasteiger partial charge in [0, 0.05) is 30.9 Å². The lowest BCUT2D eigenvalue weighted by atomic mass is 10.1. The molecule has 0 amide bonds. The Hall–Kier alpha value is -3.19. The van der Waals surface area contributed by atoms with Crippen molar-refractivity contribution < 1.29 is 9.84 Å². The molecule has 7 nitrogen and oxygen atoms in total. The minimum atomic E-state index is 0.0687. The zero-order valence-corrected chi connectivity index (χ0v) is 15.2. The number of aliphatic hydroxyl groups excluding tert-OH is 1. The second-order valence-electron chi connectivity index (χ2n) is 5.86. The van der Waals surface area contributed by atoms with Crippen LogP contribution in [0.5, 0.6) is 5.75 Å². The molecule has 0 spiro atoms. The van der Waals surface area contributed by atoms with Gasteiger partial charge in [0.15, 0.2) is 0 Å². The van der Waals surface area contributed by atoms with Gasteiger partial charge in [-0.2, -0.15) is 0 Å². The Morgan fingerprint density at radius 2 is 1.81 bits per heavy atom. The quantitative estimate of drug-likeness (QED) is 0.537. The van der Waals surface area contributed by atoms with E-state index in [9.17, 15) is 0 Å². The monoisotopic (exact) mass is 365 g/mol. The summed E-state index contributed by atoms with van der Waals surface area (Å²) in [6.07, 6.45) is 4.12. The third kappa shape index (κ3) is 5.15. The van der Waals surface area contributed by atoms with Crippen LogP contribution in [-0.2, 0) is 6.42 Å². The number of aromatic nitrogens is 3. The Labute approximate surface area is 158 Å². The first-order valence-corrected chi connectivity index (χ1v) is 8.79. The maximum atomic E-state index is 8.84. The Morgan fingerprint density at radius 3 is 2.59 bits per heavy atom. The summed E-state index contributed by atoms with van der Waals surface area (Å²) in [6, 6.07) is 13.7. The van der Waals surface area contributed by atoms with Crippen molar-refractivity contribution in [2.45, 2.75) is 6.42 Å². The Bertz CT molecular complexity index is 855. The fraction of sp³-hybridized carbons (Fsp3) is 0.250. The molecule has 0 aliphatic carbocycles. The molecule has 140 valence electrons. The molecule has 0 bridgehead atoms. The first-order valence-electron chi connectivity index (χ1n) is 8.79. The smallest absolute Gasteiger partial charge is 0.129 e. The lowest BCUT2D eigenvalue weighted by molar-refractivity contribution is 0.311. The number of hydrogen-bond donors (Lipinski definition) is 3. The van der Waals surface area contributed by atoms with E-state index in [2.05, 4.69) is 31.7 Å². The van der Waals surface area contributed by atoms with Gasteiger partial charge in [0.25, 0.3) is 0 Å². The molecule has 3 aromatic rings. The third-order valence-electron chi connectivity index (χ3n) is 4.04. The molecule has 0 radical (unpaired) electrons. The number of hydrogen-bond acceptors (Lipinski definition) is 7. The fourth-order valence-corrected chi connectivity index (χ4v) is 2.68. The predicted octanol–water partition coefficient (Wildman–Crippen LogP) is 2.61. The molecule has 1 aromatic carbocycles. The zero-order chi connectivity index (χ0) is 18.9. The first-order chi connectivity index (χ1) is 13.3. The number of methoxy groups -OCH3 is 1. The molecule has 0 aliphatic rings. The summed E-state index contributed by atoms with van der Waals surface area (Å²) in [4.78, 5) is 12.9. The van der Waals surface area contributed by atoms with Gasteiger partial charge in [-0.1, -0.05) is 18.2 Å². The number of nitrogens with zero attached hydrogens (tertiary/aromatic N) is 3. The van der Waals surface area contributed by atoms with Crippen LogP contribution in [0.15, 0.2) is 55.0 Å². The van der Waals surface area contributed by atoms with Gasteiger partial charge in [0.05, 0.1) is 19.4 Å². The van der Waals surface area contributed by atoms with Gasteiger partial charge in [-0.25, -0.2) is 15.0 Å². The molecule has 27 heavy (non-hydrogen) atoms. The number of aliphatic hydroxyl groups is 1. The summed E-state index contributed by atoms with van der Waals surface area (Å²) in [5, 5.41) is 15.2. The van der Waals surface area contributed by atoms with Crippen LogP contribution in [-0.4, -0.2) is 46.9 Å². The van der Waals surface area contributed by atoms with Crippen LogP contribution in [0.3, 0.4) is 0 Å². The van der Waals surface area contributed by atoms with Crippen LogP contribution in [0, 0.1) is 0 Å². The number of nitrogens with one attached hydrogen (secondary N) is 2. The second kappa shape index (κ2) is 9.49. The molecular formula is C20H23N5O2. The van der Waals surface area contributed by atoms with Gasteiger partial charge < -0.3 is 20.5 Å². The Kier molecular flexibility index (Phi) is 6.54. The van der Waals surface area contributed by atoms with Crippen molar-refractivity contribution in [1.29, 1.82) is 0 Å².